The van der Waals surface area contributed by atoms with Crippen LogP contribution in [0.3, 0.4) is 0 Å². The van der Waals surface area contributed by atoms with Gasteiger partial charge in [0.2, 0.25) is 0 Å². The number of hydrogen-bond donors (Lipinski definition) is 1. The van der Waals surface area contributed by atoms with Gasteiger partial charge in [0, 0.05) is 13.1 Å². The van der Waals surface area contributed by atoms with Crippen molar-refractivity contribution in [2.45, 2.75) is 53.0 Å². The number of ether oxygens (including phenoxy) is 2. The second-order valence-electron chi connectivity index (χ2n) is 7.71. The maximum atomic E-state index is 5.72. The van der Waals surface area contributed by atoms with E-state index >= 15 is 0 Å². The minimum Gasteiger partial charge on any atom is -0.493 e. The third kappa shape index (κ3) is 6.91. The van der Waals surface area contributed by atoms with Crippen LogP contribution in [0.5, 0.6) is 11.5 Å². The van der Waals surface area contributed by atoms with Gasteiger partial charge in [-0.2, -0.15) is 0 Å². The van der Waals surface area contributed by atoms with Crippen molar-refractivity contribution in [2.75, 3.05) is 20.3 Å². The van der Waals surface area contributed by atoms with Crippen LogP contribution < -0.4 is 14.8 Å². The summed E-state index contributed by atoms with van der Waals surface area (Å²) in [5.41, 5.74) is 4.01. The third-order valence-corrected chi connectivity index (χ3v) is 4.66. The predicted octanol–water partition coefficient (Wildman–Crippen LogP) is 5.58. The van der Waals surface area contributed by atoms with Crippen LogP contribution in [0.15, 0.2) is 42.5 Å². The summed E-state index contributed by atoms with van der Waals surface area (Å²) in [6, 6.07) is 15.2. The Balaban J connectivity index is 1.86. The lowest BCUT2D eigenvalue weighted by atomic mass is 9.97. The van der Waals surface area contributed by atoms with Gasteiger partial charge in [0.15, 0.2) is 11.5 Å². The van der Waals surface area contributed by atoms with Crippen molar-refractivity contribution in [1.29, 1.82) is 0 Å². The van der Waals surface area contributed by atoms with Crippen molar-refractivity contribution < 1.29 is 9.47 Å². The van der Waals surface area contributed by atoms with Crippen molar-refractivity contribution in [1.82, 2.24) is 5.32 Å². The molecule has 27 heavy (non-hydrogen) atoms. The Labute approximate surface area is 165 Å². The first-order chi connectivity index (χ1) is 13.0. The lowest BCUT2D eigenvalue weighted by molar-refractivity contribution is 0.294. The standard InChI is InChI=1S/C24H35NO2/c1-6-13-27-23-12-9-21(15-24(23)26-5)17-25-16-19(4)22-10-7-20(8-11-22)14-18(2)3/h7-12,15,18-19,25H,6,13-14,16-17H2,1-5H3. The Kier molecular flexibility index (Phi) is 8.66. The summed E-state index contributed by atoms with van der Waals surface area (Å²) >= 11 is 0. The molecule has 1 unspecified atom stereocenters. The molecule has 0 spiro atoms. The minimum absolute atomic E-state index is 0.479. The molecule has 0 saturated carbocycles. The maximum absolute atomic E-state index is 5.72. The van der Waals surface area contributed by atoms with Gasteiger partial charge in [-0.1, -0.05) is 58.0 Å². The Hall–Kier alpha value is -2.00. The molecule has 0 amide bonds. The van der Waals surface area contributed by atoms with E-state index in [2.05, 4.69) is 69.4 Å². The van der Waals surface area contributed by atoms with E-state index < -0.39 is 0 Å². The molecule has 0 aliphatic carbocycles. The van der Waals surface area contributed by atoms with Crippen molar-refractivity contribution in [2.24, 2.45) is 5.92 Å². The molecular formula is C24H35NO2. The minimum atomic E-state index is 0.479. The Bertz CT molecular complexity index is 679. The van der Waals surface area contributed by atoms with E-state index in [4.69, 9.17) is 9.47 Å². The van der Waals surface area contributed by atoms with E-state index in [1.165, 1.54) is 16.7 Å². The van der Waals surface area contributed by atoms with Gasteiger partial charge >= 0.3 is 0 Å². The van der Waals surface area contributed by atoms with Crippen LogP contribution in [0, 0.1) is 5.92 Å². The topological polar surface area (TPSA) is 30.5 Å². The summed E-state index contributed by atoms with van der Waals surface area (Å²) in [6.07, 6.45) is 2.13. The molecule has 1 N–H and O–H groups in total. The number of hydrogen-bond acceptors (Lipinski definition) is 3. The van der Waals surface area contributed by atoms with Crippen LogP contribution in [0.1, 0.15) is 56.7 Å². The van der Waals surface area contributed by atoms with Crippen molar-refractivity contribution in [3.05, 3.63) is 59.2 Å². The van der Waals surface area contributed by atoms with Crippen LogP contribution >= 0.6 is 0 Å². The second kappa shape index (κ2) is 11.0. The molecule has 0 saturated heterocycles. The number of nitrogens with one attached hydrogen (secondary N) is 1. The van der Waals surface area contributed by atoms with Crippen LogP contribution in [0.25, 0.3) is 0 Å². The molecule has 2 rings (SSSR count). The molecule has 0 fully saturated rings. The predicted molar refractivity (Wildman–Crippen MR) is 114 cm³/mol. The molecular weight excluding hydrogens is 334 g/mol. The zero-order chi connectivity index (χ0) is 19.6. The van der Waals surface area contributed by atoms with Crippen molar-refractivity contribution in [3.8, 4) is 11.5 Å². The second-order valence-corrected chi connectivity index (χ2v) is 7.71. The van der Waals surface area contributed by atoms with Gasteiger partial charge in [-0.25, -0.2) is 0 Å². The van der Waals surface area contributed by atoms with Gasteiger partial charge in [0.05, 0.1) is 13.7 Å². The summed E-state index contributed by atoms with van der Waals surface area (Å²) in [5, 5.41) is 3.56. The van der Waals surface area contributed by atoms with Gasteiger partial charge in [-0.3, -0.25) is 0 Å². The zero-order valence-electron chi connectivity index (χ0n) is 17.5. The summed E-state index contributed by atoms with van der Waals surface area (Å²) in [4.78, 5) is 0. The average Bonchev–Trinajstić information content (AvgIpc) is 2.66. The summed E-state index contributed by atoms with van der Waals surface area (Å²) in [7, 11) is 1.69. The summed E-state index contributed by atoms with van der Waals surface area (Å²) in [6.45, 7) is 11.4. The number of methoxy groups -OCH3 is 1. The zero-order valence-corrected chi connectivity index (χ0v) is 17.5. The fraction of sp³-hybridized carbons (Fsp3) is 0.500. The lowest BCUT2D eigenvalue weighted by Crippen LogP contribution is -2.19. The Morgan fingerprint density at radius 3 is 2.26 bits per heavy atom. The molecule has 0 aliphatic rings. The maximum Gasteiger partial charge on any atom is 0.161 e. The van der Waals surface area contributed by atoms with Gasteiger partial charge in [-0.15, -0.1) is 0 Å². The van der Waals surface area contributed by atoms with E-state index in [-0.39, 0.29) is 0 Å². The highest BCUT2D eigenvalue weighted by atomic mass is 16.5. The fourth-order valence-electron chi connectivity index (χ4n) is 3.16. The summed E-state index contributed by atoms with van der Waals surface area (Å²) < 4.78 is 11.2. The van der Waals surface area contributed by atoms with Gasteiger partial charge in [0.25, 0.3) is 0 Å². The van der Waals surface area contributed by atoms with Crippen LogP contribution in [-0.2, 0) is 13.0 Å². The third-order valence-electron chi connectivity index (χ3n) is 4.66. The lowest BCUT2D eigenvalue weighted by Gasteiger charge is -2.15. The highest BCUT2D eigenvalue weighted by Crippen LogP contribution is 2.28. The van der Waals surface area contributed by atoms with Crippen LogP contribution in [0.2, 0.25) is 0 Å². The molecule has 0 radical (unpaired) electrons. The highest BCUT2D eigenvalue weighted by molar-refractivity contribution is 5.43. The highest BCUT2D eigenvalue weighted by Gasteiger charge is 2.08. The van der Waals surface area contributed by atoms with Crippen molar-refractivity contribution >= 4 is 0 Å². The number of benzene rings is 2. The SMILES string of the molecule is CCCOc1ccc(CNCC(C)c2ccc(CC(C)C)cc2)cc1OC. The van der Waals surface area contributed by atoms with Crippen molar-refractivity contribution in [3.63, 3.8) is 0 Å². The smallest absolute Gasteiger partial charge is 0.161 e. The van der Waals surface area contributed by atoms with Gasteiger partial charge < -0.3 is 14.8 Å². The molecule has 3 nitrogen and oxygen atoms in total. The molecule has 0 bridgehead atoms. The molecule has 0 aromatic heterocycles. The molecule has 3 heteroatoms. The van der Waals surface area contributed by atoms with E-state index in [0.717, 1.165) is 37.4 Å². The van der Waals surface area contributed by atoms with E-state index in [0.29, 0.717) is 18.4 Å². The van der Waals surface area contributed by atoms with E-state index in [9.17, 15) is 0 Å². The first kappa shape index (κ1) is 21.3. The van der Waals surface area contributed by atoms with Gasteiger partial charge in [-0.05, 0) is 53.5 Å². The number of rotatable bonds is 11. The average molecular weight is 370 g/mol. The summed E-state index contributed by atoms with van der Waals surface area (Å²) in [5.74, 6) is 2.80. The van der Waals surface area contributed by atoms with Gasteiger partial charge in [0.1, 0.15) is 0 Å². The van der Waals surface area contributed by atoms with Crippen LogP contribution in [-0.4, -0.2) is 20.3 Å². The molecule has 1 atom stereocenters. The molecule has 0 aliphatic heterocycles. The van der Waals surface area contributed by atoms with E-state index in [1.807, 2.05) is 6.07 Å². The first-order valence-corrected chi connectivity index (χ1v) is 10.1. The molecule has 2 aromatic carbocycles. The molecule has 2 aromatic rings. The normalized spacial score (nSPS) is 12.2. The first-order valence-electron chi connectivity index (χ1n) is 10.1. The largest absolute Gasteiger partial charge is 0.493 e. The fourth-order valence-corrected chi connectivity index (χ4v) is 3.16. The van der Waals surface area contributed by atoms with Crippen LogP contribution in [0.4, 0.5) is 0 Å². The molecule has 0 heterocycles. The Morgan fingerprint density at radius 1 is 0.926 bits per heavy atom. The Morgan fingerprint density at radius 2 is 1.63 bits per heavy atom. The van der Waals surface area contributed by atoms with E-state index in [1.54, 1.807) is 7.11 Å². The quantitative estimate of drug-likeness (QED) is 0.561. The molecule has 148 valence electrons. The monoisotopic (exact) mass is 369 g/mol.